The lowest BCUT2D eigenvalue weighted by Crippen LogP contribution is -2.47. The fourth-order valence-electron chi connectivity index (χ4n) is 2.63. The molecule has 0 spiro atoms. The highest BCUT2D eigenvalue weighted by molar-refractivity contribution is 14.0. The van der Waals surface area contributed by atoms with Crippen molar-refractivity contribution < 1.29 is 14.3 Å². The van der Waals surface area contributed by atoms with Crippen molar-refractivity contribution in [1.29, 1.82) is 0 Å². The molecule has 148 valence electrons. The number of likely N-dealkylation sites (N-methyl/N-ethyl adjacent to an activating group) is 1. The van der Waals surface area contributed by atoms with Crippen LogP contribution in [0.2, 0.25) is 0 Å². The summed E-state index contributed by atoms with van der Waals surface area (Å²) in [4.78, 5) is 17.7. The van der Waals surface area contributed by atoms with Gasteiger partial charge in [0.2, 0.25) is 5.91 Å². The van der Waals surface area contributed by atoms with Crippen LogP contribution in [0.25, 0.3) is 0 Å². The third kappa shape index (κ3) is 10.9. The number of amides is 1. The molecule has 0 aromatic rings. The van der Waals surface area contributed by atoms with E-state index in [1.165, 1.54) is 0 Å². The molecule has 0 saturated heterocycles. The van der Waals surface area contributed by atoms with E-state index in [-0.39, 0.29) is 42.5 Å². The van der Waals surface area contributed by atoms with Crippen LogP contribution >= 0.6 is 24.0 Å². The quantitative estimate of drug-likeness (QED) is 0.244. The zero-order chi connectivity index (χ0) is 17.9. The second kappa shape index (κ2) is 13.6. The van der Waals surface area contributed by atoms with Gasteiger partial charge in [-0.3, -0.25) is 4.79 Å². The number of rotatable bonds is 8. The normalized spacial score (nSPS) is 20.8. The minimum atomic E-state index is -0.0168. The van der Waals surface area contributed by atoms with E-state index in [2.05, 4.69) is 29.5 Å². The van der Waals surface area contributed by atoms with Crippen LogP contribution in [0.4, 0.5) is 0 Å². The standard InChI is InChI=1S/C17H34N4O3.HI/c1-13(2)24-15-8-6-14(7-9-15)20-17(18-10-11-23-5)19-12-16(22)21(3)4;/h13-15H,6-12H2,1-5H3,(H2,18,19,20);1H. The second-order valence-electron chi connectivity index (χ2n) is 6.68. The van der Waals surface area contributed by atoms with Crippen LogP contribution < -0.4 is 10.6 Å². The van der Waals surface area contributed by atoms with Gasteiger partial charge < -0.3 is 25.0 Å². The lowest BCUT2D eigenvalue weighted by Gasteiger charge is -2.31. The Bertz CT molecular complexity index is 397. The molecule has 7 nitrogen and oxygen atoms in total. The summed E-state index contributed by atoms with van der Waals surface area (Å²) in [5, 5.41) is 6.66. The number of nitrogens with zero attached hydrogens (tertiary/aromatic N) is 2. The molecule has 1 aliphatic carbocycles. The lowest BCUT2D eigenvalue weighted by atomic mass is 9.93. The largest absolute Gasteiger partial charge is 0.383 e. The van der Waals surface area contributed by atoms with Crippen molar-refractivity contribution in [3.8, 4) is 0 Å². The van der Waals surface area contributed by atoms with Gasteiger partial charge in [-0.05, 0) is 39.5 Å². The Morgan fingerprint density at radius 2 is 1.88 bits per heavy atom. The number of guanidine groups is 1. The number of ether oxygens (including phenoxy) is 2. The van der Waals surface area contributed by atoms with E-state index < -0.39 is 0 Å². The molecule has 0 aromatic carbocycles. The molecular weight excluding hydrogens is 435 g/mol. The molecule has 1 aliphatic rings. The van der Waals surface area contributed by atoms with Gasteiger partial charge >= 0.3 is 0 Å². The first-order chi connectivity index (χ1) is 11.4. The van der Waals surface area contributed by atoms with Gasteiger partial charge in [-0.25, -0.2) is 4.99 Å². The Balaban J connectivity index is 0.00000576. The van der Waals surface area contributed by atoms with Crippen molar-refractivity contribution in [2.75, 3.05) is 40.9 Å². The molecule has 0 unspecified atom stereocenters. The highest BCUT2D eigenvalue weighted by Gasteiger charge is 2.23. The van der Waals surface area contributed by atoms with Gasteiger partial charge in [-0.1, -0.05) is 0 Å². The summed E-state index contributed by atoms with van der Waals surface area (Å²) >= 11 is 0. The van der Waals surface area contributed by atoms with Crippen LogP contribution in [0.15, 0.2) is 4.99 Å². The number of halogens is 1. The smallest absolute Gasteiger partial charge is 0.243 e. The average molecular weight is 470 g/mol. The summed E-state index contributed by atoms with van der Waals surface area (Å²) < 4.78 is 10.9. The van der Waals surface area contributed by atoms with Crippen molar-refractivity contribution >= 4 is 35.8 Å². The first kappa shape index (κ1) is 24.4. The molecule has 8 heteroatoms. The Morgan fingerprint density at radius 1 is 1.24 bits per heavy atom. The molecule has 1 saturated carbocycles. The molecule has 0 aliphatic heterocycles. The molecule has 0 aromatic heterocycles. The number of carbonyl (C=O) groups is 1. The SMILES string of the molecule is COCCNC(=NCC(=O)N(C)C)NC1CCC(OC(C)C)CC1.I. The van der Waals surface area contributed by atoms with Crippen LogP contribution in [0.1, 0.15) is 39.5 Å². The van der Waals surface area contributed by atoms with E-state index in [0.29, 0.717) is 31.3 Å². The molecule has 25 heavy (non-hydrogen) atoms. The topological polar surface area (TPSA) is 75.2 Å². The average Bonchev–Trinajstić information content (AvgIpc) is 2.53. The minimum absolute atomic E-state index is 0. The predicted molar refractivity (Wildman–Crippen MR) is 112 cm³/mol. The number of hydrogen-bond acceptors (Lipinski definition) is 4. The lowest BCUT2D eigenvalue weighted by molar-refractivity contribution is -0.127. The zero-order valence-electron chi connectivity index (χ0n) is 16.2. The van der Waals surface area contributed by atoms with Crippen molar-refractivity contribution in [3.05, 3.63) is 0 Å². The summed E-state index contributed by atoms with van der Waals surface area (Å²) in [5.41, 5.74) is 0. The van der Waals surface area contributed by atoms with Crippen LogP contribution in [-0.4, -0.2) is 75.9 Å². The van der Waals surface area contributed by atoms with Gasteiger partial charge in [0.25, 0.3) is 0 Å². The fraction of sp³-hybridized carbons (Fsp3) is 0.882. The summed E-state index contributed by atoms with van der Waals surface area (Å²) in [6.07, 6.45) is 4.84. The van der Waals surface area contributed by atoms with Crippen molar-refractivity contribution in [1.82, 2.24) is 15.5 Å². The van der Waals surface area contributed by atoms with Crippen molar-refractivity contribution in [2.45, 2.75) is 57.8 Å². The summed E-state index contributed by atoms with van der Waals surface area (Å²) in [6, 6.07) is 0.361. The molecule has 1 amide bonds. The number of carbonyl (C=O) groups excluding carboxylic acids is 1. The zero-order valence-corrected chi connectivity index (χ0v) is 18.5. The molecule has 0 heterocycles. The monoisotopic (exact) mass is 470 g/mol. The molecule has 1 rings (SSSR count). The van der Waals surface area contributed by atoms with Crippen LogP contribution in [-0.2, 0) is 14.3 Å². The van der Waals surface area contributed by atoms with Gasteiger partial charge in [0, 0.05) is 33.8 Å². The molecule has 0 atom stereocenters. The van der Waals surface area contributed by atoms with Crippen molar-refractivity contribution in [2.24, 2.45) is 4.99 Å². The van der Waals surface area contributed by atoms with E-state index in [1.807, 2.05) is 0 Å². The van der Waals surface area contributed by atoms with Gasteiger partial charge in [0.1, 0.15) is 6.54 Å². The fourth-order valence-corrected chi connectivity index (χ4v) is 2.63. The van der Waals surface area contributed by atoms with Gasteiger partial charge in [0.05, 0.1) is 18.8 Å². The molecule has 1 fully saturated rings. The first-order valence-corrected chi connectivity index (χ1v) is 8.81. The molecule has 0 bridgehead atoms. The van der Waals surface area contributed by atoms with Gasteiger partial charge in [-0.2, -0.15) is 0 Å². The van der Waals surface area contributed by atoms with Crippen LogP contribution in [0.3, 0.4) is 0 Å². The summed E-state index contributed by atoms with van der Waals surface area (Å²) in [5.74, 6) is 0.660. The Kier molecular flexibility index (Phi) is 13.2. The first-order valence-electron chi connectivity index (χ1n) is 8.81. The number of methoxy groups -OCH3 is 1. The highest BCUT2D eigenvalue weighted by atomic mass is 127. The molecule has 2 N–H and O–H groups in total. The third-order valence-electron chi connectivity index (χ3n) is 3.95. The van der Waals surface area contributed by atoms with Crippen molar-refractivity contribution in [3.63, 3.8) is 0 Å². The van der Waals surface area contributed by atoms with Gasteiger partial charge in [-0.15, -0.1) is 24.0 Å². The van der Waals surface area contributed by atoms with Crippen LogP contribution in [0, 0.1) is 0 Å². The van der Waals surface area contributed by atoms with E-state index in [1.54, 1.807) is 26.1 Å². The maximum Gasteiger partial charge on any atom is 0.243 e. The summed E-state index contributed by atoms with van der Waals surface area (Å²) in [7, 11) is 5.14. The van der Waals surface area contributed by atoms with Gasteiger partial charge in [0.15, 0.2) is 5.96 Å². The maximum absolute atomic E-state index is 11.7. The summed E-state index contributed by atoms with van der Waals surface area (Å²) in [6.45, 7) is 5.55. The Labute approximate surface area is 169 Å². The molecule has 0 radical (unpaired) electrons. The highest BCUT2D eigenvalue weighted by Crippen LogP contribution is 2.22. The maximum atomic E-state index is 11.7. The number of nitrogens with one attached hydrogen (secondary N) is 2. The van der Waals surface area contributed by atoms with Crippen LogP contribution in [0.5, 0.6) is 0 Å². The molecular formula is C17H35IN4O3. The Hall–Kier alpha value is -0.610. The minimum Gasteiger partial charge on any atom is -0.383 e. The van der Waals surface area contributed by atoms with E-state index in [0.717, 1.165) is 25.7 Å². The van der Waals surface area contributed by atoms with E-state index in [9.17, 15) is 4.79 Å². The third-order valence-corrected chi connectivity index (χ3v) is 3.95. The number of hydrogen-bond donors (Lipinski definition) is 2. The van der Waals surface area contributed by atoms with E-state index >= 15 is 0 Å². The predicted octanol–water partition coefficient (Wildman–Crippen LogP) is 1.61. The Morgan fingerprint density at radius 3 is 2.40 bits per heavy atom. The van der Waals surface area contributed by atoms with E-state index in [4.69, 9.17) is 9.47 Å². The second-order valence-corrected chi connectivity index (χ2v) is 6.68. The number of aliphatic imine (C=N–C) groups is 1.